The van der Waals surface area contributed by atoms with Crippen LogP contribution >= 0.6 is 0 Å². The third-order valence-electron chi connectivity index (χ3n) is 4.40. The number of nitrogens with two attached hydrogens (primary N) is 1. The van der Waals surface area contributed by atoms with Crippen molar-refractivity contribution in [2.75, 3.05) is 39.8 Å². The van der Waals surface area contributed by atoms with Gasteiger partial charge < -0.3 is 15.5 Å². The van der Waals surface area contributed by atoms with Crippen LogP contribution in [-0.2, 0) is 0 Å². The van der Waals surface area contributed by atoms with E-state index >= 15 is 0 Å². The van der Waals surface area contributed by atoms with Crippen LogP contribution in [0.1, 0.15) is 32.1 Å². The fraction of sp³-hybridized carbons (Fsp3) is 1.00. The second-order valence-corrected chi connectivity index (χ2v) is 5.60. The summed E-state index contributed by atoms with van der Waals surface area (Å²) in [5, 5.41) is 0. The van der Waals surface area contributed by atoms with Gasteiger partial charge >= 0.3 is 0 Å². The fourth-order valence-electron chi connectivity index (χ4n) is 2.96. The highest BCUT2D eigenvalue weighted by Gasteiger charge is 2.25. The number of hydrogen-bond donors (Lipinski definition) is 1. The molecule has 1 aliphatic heterocycles. The second-order valence-electron chi connectivity index (χ2n) is 5.60. The molecule has 0 radical (unpaired) electrons. The van der Waals surface area contributed by atoms with Gasteiger partial charge in [-0.1, -0.05) is 6.42 Å². The first kappa shape index (κ1) is 12.3. The summed E-state index contributed by atoms with van der Waals surface area (Å²) in [7, 11) is 2.32. The average Bonchev–Trinajstić information content (AvgIpc) is 2.18. The molecule has 2 aliphatic rings. The van der Waals surface area contributed by atoms with Crippen molar-refractivity contribution in [3.8, 4) is 0 Å². The molecule has 0 aromatic rings. The summed E-state index contributed by atoms with van der Waals surface area (Å²) in [4.78, 5) is 5.12. The molecule has 1 heterocycles. The van der Waals surface area contributed by atoms with Crippen molar-refractivity contribution in [3.05, 3.63) is 0 Å². The van der Waals surface area contributed by atoms with Crippen LogP contribution < -0.4 is 5.73 Å². The molecule has 1 saturated carbocycles. The SMILES string of the molecule is CN(CC1CCN(CCN)CC1)C1CCC1. The maximum atomic E-state index is 5.59. The first-order valence-corrected chi connectivity index (χ1v) is 6.92. The summed E-state index contributed by atoms with van der Waals surface area (Å²) in [5.74, 6) is 0.930. The largest absolute Gasteiger partial charge is 0.329 e. The van der Waals surface area contributed by atoms with E-state index in [1.54, 1.807) is 0 Å². The highest BCUT2D eigenvalue weighted by molar-refractivity contribution is 4.81. The molecule has 94 valence electrons. The summed E-state index contributed by atoms with van der Waals surface area (Å²) < 4.78 is 0. The third-order valence-corrected chi connectivity index (χ3v) is 4.40. The summed E-state index contributed by atoms with van der Waals surface area (Å²) in [6, 6.07) is 0.905. The average molecular weight is 225 g/mol. The van der Waals surface area contributed by atoms with E-state index in [0.717, 1.165) is 25.0 Å². The molecule has 0 spiro atoms. The molecule has 0 atom stereocenters. The Bertz CT molecular complexity index is 195. The van der Waals surface area contributed by atoms with E-state index < -0.39 is 0 Å². The van der Waals surface area contributed by atoms with E-state index in [-0.39, 0.29) is 0 Å². The lowest BCUT2D eigenvalue weighted by Gasteiger charge is -2.39. The predicted octanol–water partition coefficient (Wildman–Crippen LogP) is 1.14. The van der Waals surface area contributed by atoms with Crippen molar-refractivity contribution >= 4 is 0 Å². The maximum Gasteiger partial charge on any atom is 0.0105 e. The van der Waals surface area contributed by atoms with Crippen molar-refractivity contribution in [2.24, 2.45) is 11.7 Å². The molecular weight excluding hydrogens is 198 g/mol. The molecule has 0 aromatic heterocycles. The Kier molecular flexibility index (Phi) is 4.62. The number of rotatable bonds is 5. The van der Waals surface area contributed by atoms with Crippen molar-refractivity contribution in [1.29, 1.82) is 0 Å². The van der Waals surface area contributed by atoms with Crippen LogP contribution in [0.2, 0.25) is 0 Å². The summed E-state index contributed by atoms with van der Waals surface area (Å²) in [6.45, 7) is 5.75. The lowest BCUT2D eigenvalue weighted by atomic mass is 9.89. The number of nitrogens with zero attached hydrogens (tertiary/aromatic N) is 2. The van der Waals surface area contributed by atoms with E-state index in [1.807, 2.05) is 0 Å². The van der Waals surface area contributed by atoms with Crippen LogP contribution in [0.15, 0.2) is 0 Å². The Morgan fingerprint density at radius 3 is 2.38 bits per heavy atom. The van der Waals surface area contributed by atoms with Gasteiger partial charge in [0.1, 0.15) is 0 Å². The van der Waals surface area contributed by atoms with E-state index in [4.69, 9.17) is 5.73 Å². The topological polar surface area (TPSA) is 32.5 Å². The Hall–Kier alpha value is -0.120. The highest BCUT2D eigenvalue weighted by Crippen LogP contribution is 2.26. The molecule has 1 aliphatic carbocycles. The molecule has 1 saturated heterocycles. The monoisotopic (exact) mass is 225 g/mol. The first-order valence-electron chi connectivity index (χ1n) is 6.92. The zero-order valence-corrected chi connectivity index (χ0v) is 10.7. The van der Waals surface area contributed by atoms with Crippen molar-refractivity contribution in [2.45, 2.75) is 38.1 Å². The maximum absolute atomic E-state index is 5.59. The summed E-state index contributed by atoms with van der Waals surface area (Å²) in [5.41, 5.74) is 5.59. The van der Waals surface area contributed by atoms with Gasteiger partial charge in [-0.3, -0.25) is 0 Å². The lowest BCUT2D eigenvalue weighted by molar-refractivity contribution is 0.105. The van der Waals surface area contributed by atoms with Gasteiger partial charge in [-0.05, 0) is 51.7 Å². The van der Waals surface area contributed by atoms with Crippen molar-refractivity contribution in [3.63, 3.8) is 0 Å². The zero-order valence-electron chi connectivity index (χ0n) is 10.7. The Morgan fingerprint density at radius 1 is 1.19 bits per heavy atom. The van der Waals surface area contributed by atoms with Gasteiger partial charge in [-0.15, -0.1) is 0 Å². The molecule has 0 unspecified atom stereocenters. The lowest BCUT2D eigenvalue weighted by Crippen LogP contribution is -2.43. The Labute approximate surface area is 100.0 Å². The minimum Gasteiger partial charge on any atom is -0.329 e. The molecular formula is C13H27N3. The number of piperidine rings is 1. The highest BCUT2D eigenvalue weighted by atomic mass is 15.2. The van der Waals surface area contributed by atoms with Gasteiger partial charge in [-0.2, -0.15) is 0 Å². The molecule has 0 aromatic carbocycles. The Morgan fingerprint density at radius 2 is 1.88 bits per heavy atom. The van der Waals surface area contributed by atoms with Gasteiger partial charge in [0, 0.05) is 25.7 Å². The molecule has 0 amide bonds. The summed E-state index contributed by atoms with van der Waals surface area (Å²) >= 11 is 0. The van der Waals surface area contributed by atoms with Crippen LogP contribution in [0.3, 0.4) is 0 Å². The van der Waals surface area contributed by atoms with E-state index in [1.165, 1.54) is 51.7 Å². The molecule has 0 bridgehead atoms. The van der Waals surface area contributed by atoms with Crippen LogP contribution in [0.25, 0.3) is 0 Å². The van der Waals surface area contributed by atoms with Crippen LogP contribution in [-0.4, -0.2) is 55.6 Å². The third kappa shape index (κ3) is 3.19. The predicted molar refractivity (Wildman–Crippen MR) is 68.5 cm³/mol. The summed E-state index contributed by atoms with van der Waals surface area (Å²) in [6.07, 6.45) is 7.06. The molecule has 2 rings (SSSR count). The number of hydrogen-bond acceptors (Lipinski definition) is 3. The van der Waals surface area contributed by atoms with Crippen LogP contribution in [0, 0.1) is 5.92 Å². The van der Waals surface area contributed by atoms with Crippen molar-refractivity contribution < 1.29 is 0 Å². The second kappa shape index (κ2) is 5.99. The van der Waals surface area contributed by atoms with Gasteiger partial charge in [0.05, 0.1) is 0 Å². The van der Waals surface area contributed by atoms with Crippen LogP contribution in [0.4, 0.5) is 0 Å². The molecule has 16 heavy (non-hydrogen) atoms. The quantitative estimate of drug-likeness (QED) is 0.761. The van der Waals surface area contributed by atoms with Gasteiger partial charge in [0.2, 0.25) is 0 Å². The first-order chi connectivity index (χ1) is 7.79. The van der Waals surface area contributed by atoms with Crippen molar-refractivity contribution in [1.82, 2.24) is 9.80 Å². The fourth-order valence-corrected chi connectivity index (χ4v) is 2.96. The zero-order chi connectivity index (χ0) is 11.4. The van der Waals surface area contributed by atoms with Gasteiger partial charge in [-0.25, -0.2) is 0 Å². The molecule has 2 N–H and O–H groups in total. The van der Waals surface area contributed by atoms with E-state index in [2.05, 4.69) is 16.8 Å². The number of likely N-dealkylation sites (tertiary alicyclic amines) is 1. The van der Waals surface area contributed by atoms with Gasteiger partial charge in [0.15, 0.2) is 0 Å². The Balaban J connectivity index is 1.64. The standard InChI is InChI=1S/C13H27N3/c1-15(13-3-2-4-13)11-12-5-8-16(9-6-12)10-7-14/h12-13H,2-11,14H2,1H3. The molecule has 3 heteroatoms. The minimum absolute atomic E-state index is 0.812. The molecule has 2 fully saturated rings. The minimum atomic E-state index is 0.812. The van der Waals surface area contributed by atoms with E-state index in [0.29, 0.717) is 0 Å². The molecule has 3 nitrogen and oxygen atoms in total. The van der Waals surface area contributed by atoms with Crippen LogP contribution in [0.5, 0.6) is 0 Å². The van der Waals surface area contributed by atoms with Gasteiger partial charge in [0.25, 0.3) is 0 Å². The smallest absolute Gasteiger partial charge is 0.0105 e. The van der Waals surface area contributed by atoms with E-state index in [9.17, 15) is 0 Å². The normalized spacial score (nSPS) is 24.9.